The van der Waals surface area contributed by atoms with E-state index in [1.165, 1.54) is 25.7 Å². The minimum atomic E-state index is 0.0563. The quantitative estimate of drug-likeness (QED) is 0.859. The molecule has 1 heterocycles. The number of urea groups is 1. The highest BCUT2D eigenvalue weighted by Crippen LogP contribution is 2.20. The number of hydrogen-bond donors (Lipinski definition) is 1. The average Bonchev–Trinajstić information content (AvgIpc) is 2.76. The fourth-order valence-corrected chi connectivity index (χ4v) is 2.80. The van der Waals surface area contributed by atoms with Gasteiger partial charge in [0.25, 0.3) is 0 Å². The summed E-state index contributed by atoms with van der Waals surface area (Å²) >= 11 is 0. The monoisotopic (exact) mass is 275 g/mol. The van der Waals surface area contributed by atoms with Gasteiger partial charge in [-0.2, -0.15) is 0 Å². The molecule has 1 saturated carbocycles. The summed E-state index contributed by atoms with van der Waals surface area (Å²) in [7, 11) is 1.93. The number of aromatic nitrogens is 1. The van der Waals surface area contributed by atoms with E-state index in [9.17, 15) is 4.79 Å². The van der Waals surface area contributed by atoms with Gasteiger partial charge in [-0.25, -0.2) is 4.79 Å². The first-order valence-electron chi connectivity index (χ1n) is 7.67. The highest BCUT2D eigenvalue weighted by Gasteiger charge is 2.20. The molecule has 0 spiro atoms. The summed E-state index contributed by atoms with van der Waals surface area (Å²) in [5, 5.41) is 3.01. The first-order valence-corrected chi connectivity index (χ1v) is 7.67. The van der Waals surface area contributed by atoms with E-state index in [1.807, 2.05) is 30.3 Å². The smallest absolute Gasteiger partial charge is 0.317 e. The summed E-state index contributed by atoms with van der Waals surface area (Å²) < 4.78 is 0. The largest absolute Gasteiger partial charge is 0.338 e. The molecule has 20 heavy (non-hydrogen) atoms. The van der Waals surface area contributed by atoms with Crippen molar-refractivity contribution in [3.8, 4) is 0 Å². The normalized spacial score (nSPS) is 16.4. The molecule has 0 saturated heterocycles. The standard InChI is InChI=1S/C16H25N3O/c1-19(15-8-4-2-3-5-9-15)16(20)18-12-10-14-7-6-11-17-13-14/h6-7,11,13,15H,2-5,8-10,12H2,1H3,(H,18,20). The summed E-state index contributed by atoms with van der Waals surface area (Å²) in [6.07, 6.45) is 11.9. The van der Waals surface area contributed by atoms with Crippen molar-refractivity contribution < 1.29 is 4.79 Å². The van der Waals surface area contributed by atoms with Gasteiger partial charge in [0, 0.05) is 32.0 Å². The highest BCUT2D eigenvalue weighted by atomic mass is 16.2. The van der Waals surface area contributed by atoms with Crippen LogP contribution in [0.1, 0.15) is 44.1 Å². The van der Waals surface area contributed by atoms with Gasteiger partial charge in [0.05, 0.1) is 0 Å². The lowest BCUT2D eigenvalue weighted by Crippen LogP contribution is -2.44. The fourth-order valence-electron chi connectivity index (χ4n) is 2.80. The van der Waals surface area contributed by atoms with Crippen LogP contribution >= 0.6 is 0 Å². The van der Waals surface area contributed by atoms with Gasteiger partial charge >= 0.3 is 6.03 Å². The Labute approximate surface area is 121 Å². The van der Waals surface area contributed by atoms with Crippen molar-refractivity contribution >= 4 is 6.03 Å². The Hall–Kier alpha value is -1.58. The maximum atomic E-state index is 12.1. The van der Waals surface area contributed by atoms with E-state index in [0.717, 1.165) is 24.8 Å². The van der Waals surface area contributed by atoms with Crippen LogP contribution in [0, 0.1) is 0 Å². The summed E-state index contributed by atoms with van der Waals surface area (Å²) in [6.45, 7) is 0.668. The van der Waals surface area contributed by atoms with Gasteiger partial charge in [-0.1, -0.05) is 31.7 Å². The van der Waals surface area contributed by atoms with Gasteiger partial charge in [0.1, 0.15) is 0 Å². The summed E-state index contributed by atoms with van der Waals surface area (Å²) in [5.74, 6) is 0. The van der Waals surface area contributed by atoms with Crippen LogP contribution in [0.5, 0.6) is 0 Å². The van der Waals surface area contributed by atoms with Gasteiger partial charge in [0.15, 0.2) is 0 Å². The third-order valence-corrected chi connectivity index (χ3v) is 4.11. The molecule has 0 bridgehead atoms. The zero-order valence-corrected chi connectivity index (χ0v) is 12.3. The Morgan fingerprint density at radius 1 is 1.35 bits per heavy atom. The van der Waals surface area contributed by atoms with Gasteiger partial charge < -0.3 is 10.2 Å². The predicted molar refractivity (Wildman–Crippen MR) is 80.6 cm³/mol. The summed E-state index contributed by atoms with van der Waals surface area (Å²) in [4.78, 5) is 18.1. The molecular weight excluding hydrogens is 250 g/mol. The van der Waals surface area contributed by atoms with Crippen LogP contribution < -0.4 is 5.32 Å². The maximum Gasteiger partial charge on any atom is 0.317 e. The van der Waals surface area contributed by atoms with Crippen molar-refractivity contribution in [2.75, 3.05) is 13.6 Å². The first-order chi connectivity index (χ1) is 9.77. The number of pyridine rings is 1. The molecular formula is C16H25N3O. The van der Waals surface area contributed by atoms with Crippen molar-refractivity contribution in [3.63, 3.8) is 0 Å². The Bertz CT molecular complexity index is 399. The molecule has 1 aromatic rings. The minimum absolute atomic E-state index is 0.0563. The molecule has 1 fully saturated rings. The molecule has 110 valence electrons. The second-order valence-electron chi connectivity index (χ2n) is 5.60. The summed E-state index contributed by atoms with van der Waals surface area (Å²) in [6, 6.07) is 4.43. The Morgan fingerprint density at radius 2 is 2.10 bits per heavy atom. The van der Waals surface area contributed by atoms with Crippen LogP contribution in [0.25, 0.3) is 0 Å². The van der Waals surface area contributed by atoms with Crippen molar-refractivity contribution in [2.45, 2.75) is 51.0 Å². The molecule has 1 aliphatic carbocycles. The number of nitrogens with zero attached hydrogens (tertiary/aromatic N) is 2. The van der Waals surface area contributed by atoms with Crippen LogP contribution in [-0.2, 0) is 6.42 Å². The first kappa shape index (κ1) is 14.8. The molecule has 4 nitrogen and oxygen atoms in total. The molecule has 2 rings (SSSR count). The topological polar surface area (TPSA) is 45.2 Å². The Kier molecular flexibility index (Phi) is 5.84. The molecule has 4 heteroatoms. The molecule has 0 radical (unpaired) electrons. The third kappa shape index (κ3) is 4.51. The van der Waals surface area contributed by atoms with E-state index in [4.69, 9.17) is 0 Å². The van der Waals surface area contributed by atoms with Gasteiger partial charge in [-0.05, 0) is 30.9 Å². The van der Waals surface area contributed by atoms with E-state index in [2.05, 4.69) is 10.3 Å². The van der Waals surface area contributed by atoms with Gasteiger partial charge in [-0.3, -0.25) is 4.98 Å². The maximum absolute atomic E-state index is 12.1. The molecule has 1 aromatic heterocycles. The van der Waals surface area contributed by atoms with E-state index in [0.29, 0.717) is 12.6 Å². The zero-order valence-electron chi connectivity index (χ0n) is 12.3. The number of nitrogens with one attached hydrogen (secondary N) is 1. The Balaban J connectivity index is 1.73. The van der Waals surface area contributed by atoms with E-state index in [-0.39, 0.29) is 6.03 Å². The van der Waals surface area contributed by atoms with Crippen molar-refractivity contribution in [2.24, 2.45) is 0 Å². The second kappa shape index (κ2) is 7.88. The molecule has 0 aromatic carbocycles. The average molecular weight is 275 g/mol. The summed E-state index contributed by atoms with van der Waals surface area (Å²) in [5.41, 5.74) is 1.16. The second-order valence-corrected chi connectivity index (χ2v) is 5.60. The van der Waals surface area contributed by atoms with Gasteiger partial charge in [-0.15, -0.1) is 0 Å². The van der Waals surface area contributed by atoms with Crippen LogP contribution in [0.2, 0.25) is 0 Å². The van der Waals surface area contributed by atoms with E-state index < -0.39 is 0 Å². The SMILES string of the molecule is CN(C(=O)NCCc1cccnc1)C1CCCCCC1. The lowest BCUT2D eigenvalue weighted by atomic mass is 10.1. The number of carbonyl (C=O) groups is 1. The minimum Gasteiger partial charge on any atom is -0.338 e. The molecule has 1 aliphatic rings. The third-order valence-electron chi connectivity index (χ3n) is 4.11. The number of hydrogen-bond acceptors (Lipinski definition) is 2. The molecule has 2 amide bonds. The molecule has 0 aliphatic heterocycles. The van der Waals surface area contributed by atoms with Crippen molar-refractivity contribution in [1.82, 2.24) is 15.2 Å². The van der Waals surface area contributed by atoms with Crippen LogP contribution in [0.3, 0.4) is 0 Å². The van der Waals surface area contributed by atoms with Crippen LogP contribution in [0.4, 0.5) is 4.79 Å². The highest BCUT2D eigenvalue weighted by molar-refractivity contribution is 5.74. The van der Waals surface area contributed by atoms with Crippen molar-refractivity contribution in [3.05, 3.63) is 30.1 Å². The number of amides is 2. The molecule has 1 N–H and O–H groups in total. The Morgan fingerprint density at radius 3 is 2.75 bits per heavy atom. The number of rotatable bonds is 4. The number of carbonyl (C=O) groups excluding carboxylic acids is 1. The van der Waals surface area contributed by atoms with E-state index >= 15 is 0 Å². The molecule has 0 atom stereocenters. The molecule has 0 unspecified atom stereocenters. The lowest BCUT2D eigenvalue weighted by Gasteiger charge is -2.27. The van der Waals surface area contributed by atoms with Crippen LogP contribution in [-0.4, -0.2) is 35.5 Å². The van der Waals surface area contributed by atoms with Gasteiger partial charge in [0.2, 0.25) is 0 Å². The predicted octanol–water partition coefficient (Wildman–Crippen LogP) is 2.99. The van der Waals surface area contributed by atoms with Crippen molar-refractivity contribution in [1.29, 1.82) is 0 Å². The zero-order chi connectivity index (χ0) is 14.2. The van der Waals surface area contributed by atoms with Crippen LogP contribution in [0.15, 0.2) is 24.5 Å². The fraction of sp³-hybridized carbons (Fsp3) is 0.625. The van der Waals surface area contributed by atoms with E-state index in [1.54, 1.807) is 6.20 Å². The lowest BCUT2D eigenvalue weighted by molar-refractivity contribution is 0.184.